The fourth-order valence-electron chi connectivity index (χ4n) is 2.80. The van der Waals surface area contributed by atoms with Crippen molar-refractivity contribution in [3.05, 3.63) is 102 Å². The molecule has 3 heteroatoms. The van der Waals surface area contributed by atoms with Gasteiger partial charge in [0.15, 0.2) is 11.6 Å². The van der Waals surface area contributed by atoms with Crippen LogP contribution in [-0.4, -0.2) is 15.8 Å². The number of para-hydroxylation sites is 1. The standard InChI is InChI=1S/C23H16N2O/c26-22(17-9-3-1-4-10-17)16-15-21-19-13-7-8-14-20(19)24-23(25-21)18-11-5-2-6-12-18/h1-16H/b16-15+. The first-order valence-electron chi connectivity index (χ1n) is 8.41. The lowest BCUT2D eigenvalue weighted by atomic mass is 10.1. The normalized spacial score (nSPS) is 11.1. The van der Waals surface area contributed by atoms with Gasteiger partial charge in [0, 0.05) is 16.5 Å². The quantitative estimate of drug-likeness (QED) is 0.380. The maximum atomic E-state index is 12.4. The minimum atomic E-state index is -0.0467. The fraction of sp³-hybridized carbons (Fsp3) is 0. The molecule has 26 heavy (non-hydrogen) atoms. The zero-order valence-electron chi connectivity index (χ0n) is 14.0. The highest BCUT2D eigenvalue weighted by molar-refractivity contribution is 6.07. The molecule has 0 bridgehead atoms. The van der Waals surface area contributed by atoms with Crippen LogP contribution in [0.3, 0.4) is 0 Å². The van der Waals surface area contributed by atoms with E-state index in [-0.39, 0.29) is 5.78 Å². The number of fused-ring (bicyclic) bond motifs is 1. The number of carbonyl (C=O) groups is 1. The van der Waals surface area contributed by atoms with Gasteiger partial charge in [0.1, 0.15) is 0 Å². The van der Waals surface area contributed by atoms with Crippen LogP contribution in [0.2, 0.25) is 0 Å². The second-order valence-corrected chi connectivity index (χ2v) is 5.88. The van der Waals surface area contributed by atoms with Crippen molar-refractivity contribution in [3.63, 3.8) is 0 Å². The second kappa shape index (κ2) is 7.11. The summed E-state index contributed by atoms with van der Waals surface area (Å²) in [6.45, 7) is 0. The highest BCUT2D eigenvalue weighted by Gasteiger charge is 2.08. The molecular weight excluding hydrogens is 320 g/mol. The Hall–Kier alpha value is -3.59. The molecule has 0 unspecified atom stereocenters. The molecule has 1 heterocycles. The molecule has 4 aromatic rings. The minimum Gasteiger partial charge on any atom is -0.289 e. The molecule has 0 saturated heterocycles. The fourth-order valence-corrected chi connectivity index (χ4v) is 2.80. The summed E-state index contributed by atoms with van der Waals surface area (Å²) in [6, 6.07) is 26.9. The molecule has 3 aromatic carbocycles. The van der Waals surface area contributed by atoms with E-state index in [0.717, 1.165) is 22.2 Å². The van der Waals surface area contributed by atoms with Crippen molar-refractivity contribution in [2.24, 2.45) is 0 Å². The molecule has 3 nitrogen and oxygen atoms in total. The Kier molecular flexibility index (Phi) is 4.35. The largest absolute Gasteiger partial charge is 0.289 e. The summed E-state index contributed by atoms with van der Waals surface area (Å²) in [5, 5.41) is 0.921. The highest BCUT2D eigenvalue weighted by atomic mass is 16.1. The van der Waals surface area contributed by atoms with Crippen molar-refractivity contribution < 1.29 is 4.79 Å². The van der Waals surface area contributed by atoms with E-state index in [2.05, 4.69) is 9.97 Å². The average molecular weight is 336 g/mol. The summed E-state index contributed by atoms with van der Waals surface area (Å²) in [5.41, 5.74) is 3.19. The number of hydrogen-bond donors (Lipinski definition) is 0. The van der Waals surface area contributed by atoms with Crippen molar-refractivity contribution >= 4 is 22.8 Å². The Morgan fingerprint density at radius 2 is 1.38 bits per heavy atom. The van der Waals surface area contributed by atoms with E-state index in [1.807, 2.05) is 72.8 Å². The summed E-state index contributed by atoms with van der Waals surface area (Å²) >= 11 is 0. The van der Waals surface area contributed by atoms with Crippen molar-refractivity contribution in [1.29, 1.82) is 0 Å². The van der Waals surface area contributed by atoms with Gasteiger partial charge < -0.3 is 0 Å². The lowest BCUT2D eigenvalue weighted by Crippen LogP contribution is -1.96. The maximum absolute atomic E-state index is 12.4. The van der Waals surface area contributed by atoms with Crippen LogP contribution in [0.5, 0.6) is 0 Å². The van der Waals surface area contributed by atoms with Crippen molar-refractivity contribution in [2.45, 2.75) is 0 Å². The first-order chi connectivity index (χ1) is 12.8. The van der Waals surface area contributed by atoms with Gasteiger partial charge in [-0.1, -0.05) is 78.9 Å². The first kappa shape index (κ1) is 15.9. The number of aromatic nitrogens is 2. The Morgan fingerprint density at radius 3 is 2.15 bits per heavy atom. The van der Waals surface area contributed by atoms with E-state index in [1.54, 1.807) is 24.3 Å². The van der Waals surface area contributed by atoms with Gasteiger partial charge in [0.05, 0.1) is 11.2 Å². The third-order valence-corrected chi connectivity index (χ3v) is 4.12. The van der Waals surface area contributed by atoms with Gasteiger partial charge in [-0.3, -0.25) is 4.79 Å². The highest BCUT2D eigenvalue weighted by Crippen LogP contribution is 2.22. The van der Waals surface area contributed by atoms with Crippen LogP contribution in [0.1, 0.15) is 16.1 Å². The monoisotopic (exact) mass is 336 g/mol. The molecule has 0 N–H and O–H groups in total. The van der Waals surface area contributed by atoms with Gasteiger partial charge in [0.2, 0.25) is 0 Å². The summed E-state index contributed by atoms with van der Waals surface area (Å²) in [5.74, 6) is 0.602. The van der Waals surface area contributed by atoms with E-state index < -0.39 is 0 Å². The zero-order chi connectivity index (χ0) is 17.8. The van der Waals surface area contributed by atoms with Crippen LogP contribution in [-0.2, 0) is 0 Å². The lowest BCUT2D eigenvalue weighted by molar-refractivity contribution is 0.104. The molecule has 0 aliphatic carbocycles. The number of nitrogens with zero attached hydrogens (tertiary/aromatic N) is 2. The molecule has 0 atom stereocenters. The number of benzene rings is 3. The molecule has 0 fully saturated rings. The van der Waals surface area contributed by atoms with E-state index in [4.69, 9.17) is 0 Å². The Morgan fingerprint density at radius 1 is 0.731 bits per heavy atom. The third kappa shape index (κ3) is 3.28. The number of rotatable bonds is 4. The van der Waals surface area contributed by atoms with Crippen LogP contribution < -0.4 is 0 Å². The summed E-state index contributed by atoms with van der Waals surface area (Å²) in [7, 11) is 0. The van der Waals surface area contributed by atoms with Gasteiger partial charge in [-0.2, -0.15) is 0 Å². The zero-order valence-corrected chi connectivity index (χ0v) is 14.0. The van der Waals surface area contributed by atoms with Crippen LogP contribution >= 0.6 is 0 Å². The van der Waals surface area contributed by atoms with Crippen molar-refractivity contribution in [2.75, 3.05) is 0 Å². The third-order valence-electron chi connectivity index (χ3n) is 4.12. The molecule has 0 spiro atoms. The first-order valence-corrected chi connectivity index (χ1v) is 8.41. The Bertz CT molecular complexity index is 1090. The Labute approximate surface area is 151 Å². The van der Waals surface area contributed by atoms with Crippen molar-refractivity contribution in [1.82, 2.24) is 9.97 Å². The second-order valence-electron chi connectivity index (χ2n) is 5.88. The summed E-state index contributed by atoms with van der Waals surface area (Å²) < 4.78 is 0. The molecule has 0 amide bonds. The lowest BCUT2D eigenvalue weighted by Gasteiger charge is -2.06. The molecule has 0 saturated carbocycles. The van der Waals surface area contributed by atoms with Gasteiger partial charge >= 0.3 is 0 Å². The predicted octanol–water partition coefficient (Wildman–Crippen LogP) is 5.19. The molecule has 4 rings (SSSR count). The smallest absolute Gasteiger partial charge is 0.185 e. The minimum absolute atomic E-state index is 0.0467. The van der Waals surface area contributed by atoms with Crippen LogP contribution in [0.25, 0.3) is 28.4 Å². The van der Waals surface area contributed by atoms with Crippen molar-refractivity contribution in [3.8, 4) is 11.4 Å². The number of allylic oxidation sites excluding steroid dienone is 1. The SMILES string of the molecule is O=C(/C=C/c1nc(-c2ccccc2)nc2ccccc12)c1ccccc1. The molecule has 0 aliphatic heterocycles. The van der Waals surface area contributed by atoms with E-state index in [9.17, 15) is 4.79 Å². The maximum Gasteiger partial charge on any atom is 0.185 e. The number of hydrogen-bond acceptors (Lipinski definition) is 3. The van der Waals surface area contributed by atoms with Crippen LogP contribution in [0.15, 0.2) is 91.0 Å². The average Bonchev–Trinajstić information content (AvgIpc) is 2.73. The van der Waals surface area contributed by atoms with E-state index >= 15 is 0 Å². The molecule has 0 radical (unpaired) electrons. The van der Waals surface area contributed by atoms with Gasteiger partial charge in [-0.15, -0.1) is 0 Å². The van der Waals surface area contributed by atoms with E-state index in [0.29, 0.717) is 11.4 Å². The predicted molar refractivity (Wildman–Crippen MR) is 105 cm³/mol. The molecular formula is C23H16N2O. The van der Waals surface area contributed by atoms with Gasteiger partial charge in [-0.25, -0.2) is 9.97 Å². The molecule has 124 valence electrons. The van der Waals surface area contributed by atoms with Gasteiger partial charge in [0.25, 0.3) is 0 Å². The Balaban J connectivity index is 1.78. The summed E-state index contributed by atoms with van der Waals surface area (Å²) in [4.78, 5) is 21.7. The van der Waals surface area contributed by atoms with Crippen LogP contribution in [0, 0.1) is 0 Å². The molecule has 0 aliphatic rings. The number of ketones is 1. The summed E-state index contributed by atoms with van der Waals surface area (Å²) in [6.07, 6.45) is 3.34. The number of carbonyl (C=O) groups excluding carboxylic acids is 1. The topological polar surface area (TPSA) is 42.9 Å². The van der Waals surface area contributed by atoms with Gasteiger partial charge in [-0.05, 0) is 18.2 Å². The van der Waals surface area contributed by atoms with Crippen LogP contribution in [0.4, 0.5) is 0 Å². The molecule has 1 aromatic heterocycles. The van der Waals surface area contributed by atoms with E-state index in [1.165, 1.54) is 0 Å².